The number of esters is 1. The lowest BCUT2D eigenvalue weighted by Gasteiger charge is -2.08. The van der Waals surface area contributed by atoms with E-state index in [4.69, 9.17) is 4.74 Å². The SMILES string of the molecule is CCCc1ccc(C(=O)CCC(=O)OCC(=O)Nc2ccc(C)c(C)c2)cc1. The summed E-state index contributed by atoms with van der Waals surface area (Å²) >= 11 is 0. The summed E-state index contributed by atoms with van der Waals surface area (Å²) in [5.74, 6) is -1.08. The second-order valence-corrected chi connectivity index (χ2v) is 6.88. The number of hydrogen-bond donors (Lipinski definition) is 1. The molecule has 0 heterocycles. The number of hydrogen-bond acceptors (Lipinski definition) is 4. The number of carbonyl (C=O) groups is 3. The number of nitrogens with one attached hydrogen (secondary N) is 1. The summed E-state index contributed by atoms with van der Waals surface area (Å²) in [7, 11) is 0. The lowest BCUT2D eigenvalue weighted by Crippen LogP contribution is -2.21. The van der Waals surface area contributed by atoms with Crippen molar-refractivity contribution in [2.75, 3.05) is 11.9 Å². The van der Waals surface area contributed by atoms with Crippen LogP contribution in [-0.4, -0.2) is 24.3 Å². The zero-order valence-electron chi connectivity index (χ0n) is 16.7. The van der Waals surface area contributed by atoms with Gasteiger partial charge in [-0.05, 0) is 49.1 Å². The van der Waals surface area contributed by atoms with Gasteiger partial charge in [-0.15, -0.1) is 0 Å². The Morgan fingerprint density at radius 3 is 2.29 bits per heavy atom. The minimum atomic E-state index is -0.564. The largest absolute Gasteiger partial charge is 0.456 e. The molecular weight excluding hydrogens is 354 g/mol. The molecule has 2 rings (SSSR count). The van der Waals surface area contributed by atoms with Gasteiger partial charge in [0, 0.05) is 17.7 Å². The minimum absolute atomic E-state index is 0.0491. The molecule has 0 spiro atoms. The van der Waals surface area contributed by atoms with Crippen molar-refractivity contribution in [3.05, 3.63) is 64.7 Å². The van der Waals surface area contributed by atoms with Crippen LogP contribution in [0.5, 0.6) is 0 Å². The van der Waals surface area contributed by atoms with E-state index in [1.165, 1.54) is 5.56 Å². The highest BCUT2D eigenvalue weighted by Gasteiger charge is 2.12. The van der Waals surface area contributed by atoms with Crippen LogP contribution in [0, 0.1) is 13.8 Å². The number of Topliss-reactive ketones (excluding diaryl/α,β-unsaturated/α-hetero) is 1. The summed E-state index contributed by atoms with van der Waals surface area (Å²) in [6.07, 6.45) is 2.04. The Morgan fingerprint density at radius 1 is 0.929 bits per heavy atom. The van der Waals surface area contributed by atoms with Gasteiger partial charge in [-0.25, -0.2) is 0 Å². The zero-order chi connectivity index (χ0) is 20.5. The lowest BCUT2D eigenvalue weighted by atomic mass is 10.0. The van der Waals surface area contributed by atoms with E-state index in [1.807, 2.05) is 38.1 Å². The highest BCUT2D eigenvalue weighted by molar-refractivity contribution is 5.98. The number of aryl methyl sites for hydroxylation is 3. The first kappa shape index (κ1) is 21.4. The van der Waals surface area contributed by atoms with Gasteiger partial charge >= 0.3 is 5.97 Å². The molecule has 2 aromatic carbocycles. The van der Waals surface area contributed by atoms with E-state index >= 15 is 0 Å². The van der Waals surface area contributed by atoms with Gasteiger partial charge in [0.2, 0.25) is 0 Å². The van der Waals surface area contributed by atoms with Crippen molar-refractivity contribution in [1.29, 1.82) is 0 Å². The van der Waals surface area contributed by atoms with Gasteiger partial charge in [-0.1, -0.05) is 43.7 Å². The molecule has 5 nitrogen and oxygen atoms in total. The molecule has 28 heavy (non-hydrogen) atoms. The summed E-state index contributed by atoms with van der Waals surface area (Å²) in [5, 5.41) is 2.69. The number of ether oxygens (including phenoxy) is 1. The predicted molar refractivity (Wildman–Crippen MR) is 110 cm³/mol. The number of anilines is 1. The molecule has 0 unspecified atom stereocenters. The standard InChI is InChI=1S/C23H27NO4/c1-4-5-18-7-9-19(10-8-18)21(25)12-13-23(27)28-15-22(26)24-20-11-6-16(2)17(3)14-20/h6-11,14H,4-5,12-13,15H2,1-3H3,(H,24,26). The van der Waals surface area contributed by atoms with E-state index in [2.05, 4.69) is 12.2 Å². The van der Waals surface area contributed by atoms with Crippen LogP contribution in [0.25, 0.3) is 0 Å². The first-order valence-corrected chi connectivity index (χ1v) is 9.54. The van der Waals surface area contributed by atoms with Crippen molar-refractivity contribution < 1.29 is 19.1 Å². The molecule has 0 aliphatic heterocycles. The summed E-state index contributed by atoms with van der Waals surface area (Å²) < 4.78 is 4.96. The minimum Gasteiger partial charge on any atom is -0.456 e. The molecule has 1 amide bonds. The van der Waals surface area contributed by atoms with Gasteiger partial charge < -0.3 is 10.1 Å². The van der Waals surface area contributed by atoms with E-state index in [1.54, 1.807) is 18.2 Å². The molecular formula is C23H27NO4. The third-order valence-electron chi connectivity index (χ3n) is 4.53. The normalized spacial score (nSPS) is 10.4. The molecule has 148 valence electrons. The van der Waals surface area contributed by atoms with Gasteiger partial charge in [-0.3, -0.25) is 14.4 Å². The molecule has 0 bridgehead atoms. The van der Waals surface area contributed by atoms with Crippen molar-refractivity contribution in [1.82, 2.24) is 0 Å². The third kappa shape index (κ3) is 6.65. The fourth-order valence-electron chi connectivity index (χ4n) is 2.74. The number of amides is 1. The second-order valence-electron chi connectivity index (χ2n) is 6.88. The third-order valence-corrected chi connectivity index (χ3v) is 4.53. The molecule has 0 fully saturated rings. The second kappa shape index (κ2) is 10.4. The predicted octanol–water partition coefficient (Wildman–Crippen LogP) is 4.40. The van der Waals surface area contributed by atoms with Crippen LogP contribution >= 0.6 is 0 Å². The highest BCUT2D eigenvalue weighted by atomic mass is 16.5. The maximum atomic E-state index is 12.2. The van der Waals surface area contributed by atoms with E-state index in [9.17, 15) is 14.4 Å². The van der Waals surface area contributed by atoms with E-state index in [0.717, 1.165) is 24.0 Å². The summed E-state index contributed by atoms with van der Waals surface area (Å²) in [6.45, 7) is 5.68. The van der Waals surface area contributed by atoms with Crippen molar-refractivity contribution in [2.45, 2.75) is 46.5 Å². The van der Waals surface area contributed by atoms with Gasteiger partial charge in [0.25, 0.3) is 5.91 Å². The average Bonchev–Trinajstić information content (AvgIpc) is 2.68. The van der Waals surface area contributed by atoms with Crippen LogP contribution in [0.1, 0.15) is 53.2 Å². The first-order chi connectivity index (χ1) is 13.4. The molecule has 0 aliphatic rings. The van der Waals surface area contributed by atoms with Crippen molar-refractivity contribution in [2.24, 2.45) is 0 Å². The molecule has 5 heteroatoms. The fraction of sp³-hybridized carbons (Fsp3) is 0.348. The summed E-state index contributed by atoms with van der Waals surface area (Å²) in [4.78, 5) is 35.9. The van der Waals surface area contributed by atoms with Crippen LogP contribution in [0.4, 0.5) is 5.69 Å². The Morgan fingerprint density at radius 2 is 1.64 bits per heavy atom. The van der Waals surface area contributed by atoms with E-state index < -0.39 is 11.9 Å². The first-order valence-electron chi connectivity index (χ1n) is 9.54. The van der Waals surface area contributed by atoms with Crippen molar-refractivity contribution in [3.8, 4) is 0 Å². The Labute approximate surface area is 166 Å². The van der Waals surface area contributed by atoms with Crippen molar-refractivity contribution >= 4 is 23.3 Å². The molecule has 0 saturated heterocycles. The number of rotatable bonds is 9. The zero-order valence-corrected chi connectivity index (χ0v) is 16.7. The number of carbonyl (C=O) groups excluding carboxylic acids is 3. The molecule has 0 atom stereocenters. The van der Waals surface area contributed by atoms with Crippen LogP contribution in [0.15, 0.2) is 42.5 Å². The Bertz CT molecular complexity index is 840. The van der Waals surface area contributed by atoms with Gasteiger partial charge in [0.05, 0.1) is 6.42 Å². The quantitative estimate of drug-likeness (QED) is 0.516. The van der Waals surface area contributed by atoms with Crippen LogP contribution in [-0.2, 0) is 20.7 Å². The summed E-state index contributed by atoms with van der Waals surface area (Å²) in [6, 6.07) is 13.0. The van der Waals surface area contributed by atoms with E-state index in [0.29, 0.717) is 11.3 Å². The fourth-order valence-corrected chi connectivity index (χ4v) is 2.74. The molecule has 0 saturated carbocycles. The van der Waals surface area contributed by atoms with Gasteiger partial charge in [0.1, 0.15) is 0 Å². The van der Waals surface area contributed by atoms with Crippen LogP contribution < -0.4 is 5.32 Å². The highest BCUT2D eigenvalue weighted by Crippen LogP contribution is 2.14. The van der Waals surface area contributed by atoms with Crippen LogP contribution in [0.3, 0.4) is 0 Å². The monoisotopic (exact) mass is 381 g/mol. The van der Waals surface area contributed by atoms with E-state index in [-0.39, 0.29) is 25.2 Å². The van der Waals surface area contributed by atoms with Crippen LogP contribution in [0.2, 0.25) is 0 Å². The molecule has 1 N–H and O–H groups in total. The number of benzene rings is 2. The summed E-state index contributed by atoms with van der Waals surface area (Å²) in [5.41, 5.74) is 4.63. The van der Waals surface area contributed by atoms with Crippen molar-refractivity contribution in [3.63, 3.8) is 0 Å². The molecule has 0 aromatic heterocycles. The van der Waals surface area contributed by atoms with Gasteiger partial charge in [-0.2, -0.15) is 0 Å². The van der Waals surface area contributed by atoms with Gasteiger partial charge in [0.15, 0.2) is 12.4 Å². The average molecular weight is 381 g/mol. The molecule has 2 aromatic rings. The maximum absolute atomic E-state index is 12.2. The molecule has 0 aliphatic carbocycles. The number of ketones is 1. The Balaban J connectivity index is 1.73. The Kier molecular flexibility index (Phi) is 7.93. The smallest absolute Gasteiger partial charge is 0.306 e. The Hall–Kier alpha value is -2.95. The molecule has 0 radical (unpaired) electrons. The maximum Gasteiger partial charge on any atom is 0.306 e. The lowest BCUT2D eigenvalue weighted by molar-refractivity contribution is -0.147. The topological polar surface area (TPSA) is 72.5 Å².